The molecule has 1 fully saturated rings. The number of nitrogens with two attached hydrogens (primary N) is 2. The molecule has 7 heteroatoms. The first-order chi connectivity index (χ1) is 12.1. The molecule has 2 aromatic rings. The van der Waals surface area contributed by atoms with Crippen LogP contribution in [0.5, 0.6) is 5.75 Å². The molecule has 1 saturated heterocycles. The number of fused-ring (bicyclic) bond motifs is 1. The topological polar surface area (TPSA) is 99.4 Å². The van der Waals surface area contributed by atoms with E-state index in [4.69, 9.17) is 16.2 Å². The molecule has 0 amide bonds. The van der Waals surface area contributed by atoms with Gasteiger partial charge in [0, 0.05) is 24.8 Å². The van der Waals surface area contributed by atoms with Crippen LogP contribution in [0.4, 0.5) is 5.82 Å². The summed E-state index contributed by atoms with van der Waals surface area (Å²) in [7, 11) is 0. The van der Waals surface area contributed by atoms with Crippen LogP contribution < -0.4 is 21.9 Å². The number of benzene rings is 1. The normalized spacial score (nSPS) is 23.2. The molecule has 0 saturated carbocycles. The monoisotopic (exact) mass is 341 g/mol. The van der Waals surface area contributed by atoms with E-state index in [1.54, 1.807) is 12.3 Å². The summed E-state index contributed by atoms with van der Waals surface area (Å²) in [5, 5.41) is 0. The molecular formula is C18H23N5O2. The van der Waals surface area contributed by atoms with Crippen molar-refractivity contribution < 1.29 is 4.74 Å². The number of likely N-dealkylation sites (tertiary alicyclic amines) is 1. The number of anilines is 1. The van der Waals surface area contributed by atoms with Crippen molar-refractivity contribution in [2.75, 3.05) is 32.0 Å². The Morgan fingerprint density at radius 1 is 1.32 bits per heavy atom. The molecule has 2 atom stereocenters. The number of aromatic nitrogens is 2. The second kappa shape index (κ2) is 6.50. The van der Waals surface area contributed by atoms with E-state index in [9.17, 15) is 4.79 Å². The van der Waals surface area contributed by atoms with Gasteiger partial charge >= 0.3 is 5.69 Å². The van der Waals surface area contributed by atoms with Crippen LogP contribution in [0.1, 0.15) is 12.0 Å². The van der Waals surface area contributed by atoms with Crippen molar-refractivity contribution in [2.45, 2.75) is 18.9 Å². The lowest BCUT2D eigenvalue weighted by molar-refractivity contribution is 0.138. The van der Waals surface area contributed by atoms with Gasteiger partial charge in [0.1, 0.15) is 18.2 Å². The van der Waals surface area contributed by atoms with Gasteiger partial charge in [-0.25, -0.2) is 4.79 Å². The molecule has 2 unspecified atom stereocenters. The van der Waals surface area contributed by atoms with Gasteiger partial charge in [0.25, 0.3) is 0 Å². The summed E-state index contributed by atoms with van der Waals surface area (Å²) < 4.78 is 7.48. The maximum absolute atomic E-state index is 12.0. The lowest BCUT2D eigenvalue weighted by Gasteiger charge is -2.32. The smallest absolute Gasteiger partial charge is 0.354 e. The fourth-order valence-corrected chi connectivity index (χ4v) is 3.73. The van der Waals surface area contributed by atoms with Gasteiger partial charge < -0.3 is 16.2 Å². The first kappa shape index (κ1) is 16.1. The van der Waals surface area contributed by atoms with Crippen LogP contribution in [0.3, 0.4) is 0 Å². The number of hydrogen-bond donors (Lipinski definition) is 2. The van der Waals surface area contributed by atoms with Gasteiger partial charge in [-0.2, -0.15) is 4.98 Å². The molecule has 7 nitrogen and oxygen atoms in total. The molecule has 2 aliphatic rings. The van der Waals surface area contributed by atoms with Crippen LogP contribution in [0.25, 0.3) is 5.69 Å². The van der Waals surface area contributed by atoms with Crippen molar-refractivity contribution in [3.63, 3.8) is 0 Å². The molecule has 132 valence electrons. The van der Waals surface area contributed by atoms with Crippen LogP contribution in [0.2, 0.25) is 0 Å². The highest BCUT2D eigenvalue weighted by atomic mass is 16.5. The van der Waals surface area contributed by atoms with Crippen LogP contribution >= 0.6 is 0 Å². The predicted molar refractivity (Wildman–Crippen MR) is 96.0 cm³/mol. The maximum atomic E-state index is 12.0. The van der Waals surface area contributed by atoms with Crippen LogP contribution in [0.15, 0.2) is 35.3 Å². The van der Waals surface area contributed by atoms with Gasteiger partial charge in [-0.1, -0.05) is 6.07 Å². The van der Waals surface area contributed by atoms with Crippen LogP contribution in [-0.2, 0) is 6.42 Å². The van der Waals surface area contributed by atoms with Crippen molar-refractivity contribution in [1.29, 1.82) is 0 Å². The molecule has 3 heterocycles. The Morgan fingerprint density at radius 2 is 2.20 bits per heavy atom. The Bertz CT molecular complexity index is 834. The zero-order valence-electron chi connectivity index (χ0n) is 14.1. The number of ether oxygens (including phenoxy) is 1. The number of hydrogen-bond acceptors (Lipinski definition) is 6. The molecule has 1 aromatic heterocycles. The van der Waals surface area contributed by atoms with Gasteiger partial charge in [-0.15, -0.1) is 0 Å². The van der Waals surface area contributed by atoms with Crippen molar-refractivity contribution in [2.24, 2.45) is 11.7 Å². The Hall–Kier alpha value is -2.38. The molecule has 0 bridgehead atoms. The van der Waals surface area contributed by atoms with Crippen molar-refractivity contribution >= 4 is 5.82 Å². The molecule has 0 spiro atoms. The third-order valence-electron chi connectivity index (χ3n) is 5.21. The second-order valence-corrected chi connectivity index (χ2v) is 6.85. The number of nitrogens with zero attached hydrogens (tertiary/aromatic N) is 3. The summed E-state index contributed by atoms with van der Waals surface area (Å²) in [6.07, 6.45) is 3.77. The fourth-order valence-electron chi connectivity index (χ4n) is 3.73. The van der Waals surface area contributed by atoms with E-state index in [2.05, 4.69) is 9.88 Å². The highest BCUT2D eigenvalue weighted by molar-refractivity contribution is 5.46. The van der Waals surface area contributed by atoms with E-state index in [0.717, 1.165) is 37.5 Å². The number of rotatable bonds is 3. The van der Waals surface area contributed by atoms with Crippen molar-refractivity contribution in [1.82, 2.24) is 14.5 Å². The summed E-state index contributed by atoms with van der Waals surface area (Å²) in [5.74, 6) is 1.67. The van der Waals surface area contributed by atoms with E-state index >= 15 is 0 Å². The summed E-state index contributed by atoms with van der Waals surface area (Å²) in [4.78, 5) is 18.3. The third-order valence-corrected chi connectivity index (χ3v) is 5.21. The van der Waals surface area contributed by atoms with Gasteiger partial charge in [-0.3, -0.25) is 9.47 Å². The largest absolute Gasteiger partial charge is 0.492 e. The van der Waals surface area contributed by atoms with Crippen molar-refractivity contribution in [3.8, 4) is 11.4 Å². The molecule has 1 aromatic carbocycles. The summed E-state index contributed by atoms with van der Waals surface area (Å²) in [6, 6.07) is 7.87. The maximum Gasteiger partial charge on any atom is 0.354 e. The van der Waals surface area contributed by atoms with E-state index < -0.39 is 5.69 Å². The molecule has 2 aliphatic heterocycles. The molecule has 25 heavy (non-hydrogen) atoms. The van der Waals surface area contributed by atoms with Gasteiger partial charge in [0.05, 0.1) is 5.69 Å². The first-order valence-electron chi connectivity index (χ1n) is 8.69. The molecule has 0 radical (unpaired) electrons. The van der Waals surface area contributed by atoms with E-state index in [1.807, 2.05) is 18.2 Å². The lowest BCUT2D eigenvalue weighted by atomic mass is 10.0. The Balaban J connectivity index is 1.54. The minimum Gasteiger partial charge on any atom is -0.492 e. The zero-order chi connectivity index (χ0) is 17.4. The number of nitrogen functional groups attached to an aromatic ring is 1. The molecular weight excluding hydrogens is 318 g/mol. The third kappa shape index (κ3) is 3.12. The first-order valence-corrected chi connectivity index (χ1v) is 8.69. The van der Waals surface area contributed by atoms with Crippen molar-refractivity contribution in [3.05, 3.63) is 46.5 Å². The summed E-state index contributed by atoms with van der Waals surface area (Å²) in [6.45, 7) is 3.58. The highest BCUT2D eigenvalue weighted by Gasteiger charge is 2.31. The lowest BCUT2D eigenvalue weighted by Crippen LogP contribution is -2.42. The minimum absolute atomic E-state index is 0.222. The highest BCUT2D eigenvalue weighted by Crippen LogP contribution is 2.30. The van der Waals surface area contributed by atoms with Gasteiger partial charge in [0.15, 0.2) is 0 Å². The standard InChI is InChI=1S/C18H23N5O2/c19-9-12-3-5-22(10-12)15-7-13-1-2-14(8-16(13)25-11-15)23-6-4-17(20)21-18(23)24/h1-2,4,6,8,12,15H,3,5,7,9-11,19H2,(H2,20,21,24). The fraction of sp³-hybridized carbons (Fsp3) is 0.444. The van der Waals surface area contributed by atoms with Crippen LogP contribution in [-0.4, -0.2) is 46.7 Å². The SMILES string of the molecule is NCC1CCN(C2COc3cc(-n4ccc(N)nc4=O)ccc3C2)C1. The minimum atomic E-state index is -0.390. The Labute approximate surface area is 146 Å². The average Bonchev–Trinajstić information content (AvgIpc) is 3.10. The Kier molecular flexibility index (Phi) is 4.19. The van der Waals surface area contributed by atoms with E-state index in [-0.39, 0.29) is 5.82 Å². The van der Waals surface area contributed by atoms with Crippen LogP contribution in [0, 0.1) is 5.92 Å². The van der Waals surface area contributed by atoms with Gasteiger partial charge in [-0.05, 0) is 49.5 Å². The summed E-state index contributed by atoms with van der Waals surface area (Å²) in [5.41, 5.74) is 12.9. The average molecular weight is 341 g/mol. The molecule has 4 N–H and O–H groups in total. The zero-order valence-corrected chi connectivity index (χ0v) is 14.1. The molecule has 4 rings (SSSR count). The Morgan fingerprint density at radius 3 is 2.96 bits per heavy atom. The van der Waals surface area contributed by atoms with E-state index in [0.29, 0.717) is 18.6 Å². The van der Waals surface area contributed by atoms with Gasteiger partial charge in [0.2, 0.25) is 0 Å². The molecule has 0 aliphatic carbocycles. The van der Waals surface area contributed by atoms with E-state index in [1.165, 1.54) is 16.6 Å². The quantitative estimate of drug-likeness (QED) is 0.838. The second-order valence-electron chi connectivity index (χ2n) is 6.85. The predicted octanol–water partition coefficient (Wildman–Crippen LogP) is 0.399. The summed E-state index contributed by atoms with van der Waals surface area (Å²) >= 11 is 0.